The van der Waals surface area contributed by atoms with Crippen LogP contribution in [0.1, 0.15) is 23.5 Å². The molecule has 1 aromatic heterocycles. The van der Waals surface area contributed by atoms with Crippen molar-refractivity contribution in [2.75, 3.05) is 17.2 Å². The van der Waals surface area contributed by atoms with Crippen molar-refractivity contribution in [2.24, 2.45) is 0 Å². The molecule has 29 heavy (non-hydrogen) atoms. The van der Waals surface area contributed by atoms with Gasteiger partial charge >= 0.3 is 0 Å². The third-order valence-electron chi connectivity index (χ3n) is 4.43. The van der Waals surface area contributed by atoms with Gasteiger partial charge in [-0.15, -0.1) is 11.3 Å². The molecule has 0 saturated heterocycles. The fourth-order valence-corrected chi connectivity index (χ4v) is 4.02. The summed E-state index contributed by atoms with van der Waals surface area (Å²) in [6.45, 7) is 4.03. The molecule has 3 aromatic rings. The molecule has 0 radical (unpaired) electrons. The molecule has 0 aliphatic carbocycles. The van der Waals surface area contributed by atoms with E-state index in [9.17, 15) is 9.59 Å². The lowest BCUT2D eigenvalue weighted by molar-refractivity contribution is -0.122. The van der Waals surface area contributed by atoms with E-state index in [0.29, 0.717) is 34.4 Å². The highest BCUT2D eigenvalue weighted by molar-refractivity contribution is 7.17. The van der Waals surface area contributed by atoms with Gasteiger partial charge in [-0.05, 0) is 43.7 Å². The molecule has 1 atom stereocenters. The van der Waals surface area contributed by atoms with Crippen LogP contribution >= 0.6 is 11.3 Å². The Bertz CT molecular complexity index is 1060. The number of fused-ring (bicyclic) bond motifs is 1. The van der Waals surface area contributed by atoms with Crippen LogP contribution in [0.25, 0.3) is 10.4 Å². The second kappa shape index (κ2) is 7.97. The van der Waals surface area contributed by atoms with Crippen molar-refractivity contribution in [1.82, 2.24) is 0 Å². The quantitative estimate of drug-likeness (QED) is 0.637. The van der Waals surface area contributed by atoms with Gasteiger partial charge in [-0.1, -0.05) is 30.3 Å². The fraction of sp³-hybridized carbons (Fsp3) is 0.182. The summed E-state index contributed by atoms with van der Waals surface area (Å²) in [5.41, 5.74) is 2.12. The van der Waals surface area contributed by atoms with Gasteiger partial charge in [-0.3, -0.25) is 9.59 Å². The number of amides is 2. The van der Waals surface area contributed by atoms with E-state index in [0.717, 1.165) is 10.4 Å². The summed E-state index contributed by atoms with van der Waals surface area (Å²) in [5.74, 6) is 0.646. The van der Waals surface area contributed by atoms with Gasteiger partial charge in [0.25, 0.3) is 11.8 Å². The molecule has 1 aliphatic rings. The average molecular weight is 408 g/mol. The highest BCUT2D eigenvalue weighted by Crippen LogP contribution is 2.37. The SMILES string of the molecule is CCOc1cc(-c2ccccc2)sc1C(=O)Nc1ccc2c(c1)NC(=O)[C@@H](C)O2. The van der Waals surface area contributed by atoms with Crippen molar-refractivity contribution in [3.8, 4) is 21.9 Å². The molecular formula is C22H20N2O4S. The number of hydrogen-bond donors (Lipinski definition) is 2. The number of benzene rings is 2. The summed E-state index contributed by atoms with van der Waals surface area (Å²) in [4.78, 5) is 26.2. The van der Waals surface area contributed by atoms with Crippen LogP contribution in [0.3, 0.4) is 0 Å². The van der Waals surface area contributed by atoms with Crippen LogP contribution in [0.15, 0.2) is 54.6 Å². The number of nitrogens with one attached hydrogen (secondary N) is 2. The molecule has 0 fully saturated rings. The Hall–Kier alpha value is -3.32. The monoisotopic (exact) mass is 408 g/mol. The van der Waals surface area contributed by atoms with Gasteiger partial charge in [-0.2, -0.15) is 0 Å². The number of anilines is 2. The molecule has 4 rings (SSSR count). The van der Waals surface area contributed by atoms with Gasteiger partial charge in [0.2, 0.25) is 0 Å². The van der Waals surface area contributed by atoms with E-state index in [1.165, 1.54) is 11.3 Å². The fourth-order valence-electron chi connectivity index (χ4n) is 3.01. The predicted octanol–water partition coefficient (Wildman–Crippen LogP) is 4.79. The number of rotatable bonds is 5. The lowest BCUT2D eigenvalue weighted by Crippen LogP contribution is -2.34. The van der Waals surface area contributed by atoms with Crippen molar-refractivity contribution in [3.63, 3.8) is 0 Å². The van der Waals surface area contributed by atoms with E-state index in [1.807, 2.05) is 43.3 Å². The Kier molecular flexibility index (Phi) is 5.22. The van der Waals surface area contributed by atoms with Crippen molar-refractivity contribution in [3.05, 3.63) is 59.5 Å². The predicted molar refractivity (Wildman–Crippen MR) is 114 cm³/mol. The minimum Gasteiger partial charge on any atom is -0.492 e. The van der Waals surface area contributed by atoms with Gasteiger partial charge in [-0.25, -0.2) is 0 Å². The maximum Gasteiger partial charge on any atom is 0.269 e. The second-order valence-corrected chi connectivity index (χ2v) is 7.57. The van der Waals surface area contributed by atoms with E-state index >= 15 is 0 Å². The van der Waals surface area contributed by atoms with E-state index in [1.54, 1.807) is 25.1 Å². The Labute approximate surface area is 172 Å². The summed E-state index contributed by atoms with van der Waals surface area (Å²) < 4.78 is 11.2. The molecule has 2 heterocycles. The molecule has 0 saturated carbocycles. The Morgan fingerprint density at radius 3 is 2.76 bits per heavy atom. The molecule has 2 N–H and O–H groups in total. The standard InChI is InChI=1S/C22H20N2O4S/c1-3-27-18-12-19(14-7-5-4-6-8-14)29-20(18)22(26)23-15-9-10-17-16(11-15)24-21(25)13(2)28-17/h4-13H,3H2,1-2H3,(H,23,26)(H,24,25)/t13-/m1/s1. The van der Waals surface area contributed by atoms with Gasteiger partial charge in [0.1, 0.15) is 16.4 Å². The zero-order valence-electron chi connectivity index (χ0n) is 16.0. The average Bonchev–Trinajstić information content (AvgIpc) is 3.14. The highest BCUT2D eigenvalue weighted by atomic mass is 32.1. The Morgan fingerprint density at radius 1 is 1.21 bits per heavy atom. The molecule has 2 aromatic carbocycles. The van der Waals surface area contributed by atoms with E-state index in [-0.39, 0.29) is 11.8 Å². The summed E-state index contributed by atoms with van der Waals surface area (Å²) in [6, 6.07) is 16.9. The van der Waals surface area contributed by atoms with Crippen molar-refractivity contribution < 1.29 is 19.1 Å². The maximum atomic E-state index is 12.9. The van der Waals surface area contributed by atoms with E-state index < -0.39 is 6.10 Å². The Balaban J connectivity index is 1.59. The van der Waals surface area contributed by atoms with Gasteiger partial charge in [0, 0.05) is 10.6 Å². The van der Waals surface area contributed by atoms with E-state index in [2.05, 4.69) is 10.6 Å². The van der Waals surface area contributed by atoms with Crippen LogP contribution in [0.2, 0.25) is 0 Å². The molecule has 0 unspecified atom stereocenters. The molecule has 148 valence electrons. The van der Waals surface area contributed by atoms with Crippen LogP contribution in [0.4, 0.5) is 11.4 Å². The van der Waals surface area contributed by atoms with Crippen LogP contribution in [0.5, 0.6) is 11.5 Å². The largest absolute Gasteiger partial charge is 0.492 e. The van der Waals surface area contributed by atoms with Gasteiger partial charge < -0.3 is 20.1 Å². The second-order valence-electron chi connectivity index (χ2n) is 6.52. The number of thiophene rings is 1. The first-order valence-corrected chi connectivity index (χ1v) is 10.1. The molecule has 6 nitrogen and oxygen atoms in total. The highest BCUT2D eigenvalue weighted by Gasteiger charge is 2.24. The molecular weight excluding hydrogens is 388 g/mol. The first-order chi connectivity index (χ1) is 14.0. The topological polar surface area (TPSA) is 76.7 Å². The van der Waals surface area contributed by atoms with Gasteiger partial charge in [0.15, 0.2) is 6.10 Å². The molecule has 7 heteroatoms. The minimum atomic E-state index is -0.542. The first-order valence-electron chi connectivity index (χ1n) is 9.30. The van der Waals surface area contributed by atoms with Crippen LogP contribution < -0.4 is 20.1 Å². The third-order valence-corrected chi connectivity index (χ3v) is 5.59. The minimum absolute atomic E-state index is 0.217. The first kappa shape index (κ1) is 19.0. The van der Waals surface area contributed by atoms with Crippen LogP contribution in [0, 0.1) is 0 Å². The zero-order valence-corrected chi connectivity index (χ0v) is 16.8. The lowest BCUT2D eigenvalue weighted by Gasteiger charge is -2.23. The number of carbonyl (C=O) groups excluding carboxylic acids is 2. The normalized spacial score (nSPS) is 15.1. The van der Waals surface area contributed by atoms with Gasteiger partial charge in [0.05, 0.1) is 12.3 Å². The van der Waals surface area contributed by atoms with Crippen molar-refractivity contribution in [2.45, 2.75) is 20.0 Å². The van der Waals surface area contributed by atoms with Crippen molar-refractivity contribution in [1.29, 1.82) is 0 Å². The van der Waals surface area contributed by atoms with Crippen LogP contribution in [-0.4, -0.2) is 24.5 Å². The summed E-state index contributed by atoms with van der Waals surface area (Å²) in [6.07, 6.45) is -0.542. The summed E-state index contributed by atoms with van der Waals surface area (Å²) in [5, 5.41) is 5.67. The van der Waals surface area contributed by atoms with E-state index in [4.69, 9.17) is 9.47 Å². The summed E-state index contributed by atoms with van der Waals surface area (Å²) in [7, 11) is 0. The van der Waals surface area contributed by atoms with Crippen molar-refractivity contribution >= 4 is 34.5 Å². The molecule has 0 spiro atoms. The number of carbonyl (C=O) groups is 2. The zero-order chi connectivity index (χ0) is 20.4. The smallest absolute Gasteiger partial charge is 0.269 e. The molecule has 2 amide bonds. The molecule has 0 bridgehead atoms. The number of hydrogen-bond acceptors (Lipinski definition) is 5. The van der Waals surface area contributed by atoms with Crippen LogP contribution in [-0.2, 0) is 4.79 Å². The maximum absolute atomic E-state index is 12.9. The Morgan fingerprint density at radius 2 is 2.00 bits per heavy atom. The number of ether oxygens (including phenoxy) is 2. The summed E-state index contributed by atoms with van der Waals surface area (Å²) >= 11 is 1.38. The third kappa shape index (κ3) is 3.95. The molecule has 1 aliphatic heterocycles. The lowest BCUT2D eigenvalue weighted by atomic mass is 10.2.